The van der Waals surface area contributed by atoms with Crippen molar-refractivity contribution in [3.63, 3.8) is 0 Å². The van der Waals surface area contributed by atoms with E-state index in [9.17, 15) is 0 Å². The molecule has 2 nitrogen and oxygen atoms in total. The number of pyridine rings is 1. The molecule has 140 valence electrons. The SMILES string of the molecule is c1ccc([N+]2(c3ccccc3)c3cccc4ccc5[n+](c34)C2c2ccccc2-5)cc1. The topological polar surface area (TPSA) is 3.88 Å². The van der Waals surface area contributed by atoms with E-state index in [2.05, 4.69) is 120 Å². The van der Waals surface area contributed by atoms with Crippen LogP contribution in [0.15, 0.2) is 115 Å². The van der Waals surface area contributed by atoms with E-state index in [0.717, 1.165) is 0 Å². The molecule has 0 N–H and O–H groups in total. The van der Waals surface area contributed by atoms with Crippen molar-refractivity contribution in [3.05, 3.63) is 121 Å². The first-order chi connectivity index (χ1) is 14.9. The molecular weight excluding hydrogens is 364 g/mol. The number of fused-ring (bicyclic) bond motifs is 3. The van der Waals surface area contributed by atoms with Crippen molar-refractivity contribution >= 4 is 28.0 Å². The minimum atomic E-state index is 0.141. The van der Waals surface area contributed by atoms with Crippen LogP contribution < -0.4 is 9.05 Å². The molecule has 0 radical (unpaired) electrons. The Morgan fingerprint density at radius 1 is 0.567 bits per heavy atom. The van der Waals surface area contributed by atoms with Crippen LogP contribution in [0.1, 0.15) is 11.7 Å². The summed E-state index contributed by atoms with van der Waals surface area (Å²) in [6.07, 6.45) is 0.141. The molecule has 2 aliphatic heterocycles. The zero-order valence-corrected chi connectivity index (χ0v) is 16.4. The van der Waals surface area contributed by atoms with Crippen LogP contribution in [0, 0.1) is 0 Å². The summed E-state index contributed by atoms with van der Waals surface area (Å²) in [5.74, 6) is 0. The van der Waals surface area contributed by atoms with Crippen LogP contribution in [0.5, 0.6) is 0 Å². The molecule has 0 aliphatic carbocycles. The van der Waals surface area contributed by atoms with Crippen molar-refractivity contribution < 1.29 is 4.57 Å². The number of rotatable bonds is 2. The number of aromatic nitrogens is 1. The van der Waals surface area contributed by atoms with Crippen LogP contribution in [0.3, 0.4) is 0 Å². The lowest BCUT2D eigenvalue weighted by Crippen LogP contribution is -2.50. The van der Waals surface area contributed by atoms with E-state index in [1.165, 1.54) is 44.8 Å². The van der Waals surface area contributed by atoms with Crippen molar-refractivity contribution in [1.82, 2.24) is 4.48 Å². The molecule has 2 aliphatic rings. The standard InChI is InChI=1S/C28H20N2/c1-3-11-21(12-4-1)30(22-13-5-2-6-14-22)26-17-9-10-20-18-19-25-23-15-7-8-16-24(23)28(30)29(25)27(20)26/h1-19,28H/q+2. The first-order valence-corrected chi connectivity index (χ1v) is 10.5. The summed E-state index contributed by atoms with van der Waals surface area (Å²) in [6, 6.07) is 42.2. The second kappa shape index (κ2) is 5.65. The van der Waals surface area contributed by atoms with Crippen LogP contribution in [0.25, 0.3) is 22.2 Å². The predicted octanol–water partition coefficient (Wildman–Crippen LogP) is 6.64. The average Bonchev–Trinajstić information content (AvgIpc) is 3.32. The van der Waals surface area contributed by atoms with Gasteiger partial charge in [-0.1, -0.05) is 54.6 Å². The van der Waals surface area contributed by atoms with Gasteiger partial charge in [0.1, 0.15) is 11.4 Å². The number of benzene rings is 4. The lowest BCUT2D eigenvalue weighted by atomic mass is 10.00. The highest BCUT2D eigenvalue weighted by atomic mass is 15.5. The monoisotopic (exact) mass is 384 g/mol. The molecule has 1 atom stereocenters. The van der Waals surface area contributed by atoms with E-state index >= 15 is 0 Å². The van der Waals surface area contributed by atoms with Gasteiger partial charge in [0.15, 0.2) is 0 Å². The van der Waals surface area contributed by atoms with Gasteiger partial charge in [0, 0.05) is 36.4 Å². The Morgan fingerprint density at radius 3 is 1.97 bits per heavy atom. The fraction of sp³-hybridized carbons (Fsp3) is 0.0357. The fourth-order valence-corrected chi connectivity index (χ4v) is 5.72. The fourth-order valence-electron chi connectivity index (χ4n) is 5.72. The molecule has 0 saturated carbocycles. The number of hydrogen-bond donors (Lipinski definition) is 0. The summed E-state index contributed by atoms with van der Waals surface area (Å²) in [4.78, 5) is 0. The molecule has 0 saturated heterocycles. The van der Waals surface area contributed by atoms with Gasteiger partial charge < -0.3 is 0 Å². The predicted molar refractivity (Wildman–Crippen MR) is 122 cm³/mol. The van der Waals surface area contributed by atoms with E-state index in [-0.39, 0.29) is 6.17 Å². The maximum absolute atomic E-state index is 2.58. The first-order valence-electron chi connectivity index (χ1n) is 10.5. The average molecular weight is 384 g/mol. The minimum Gasteiger partial charge on any atom is -0.159 e. The smallest absolute Gasteiger partial charge is 0.159 e. The van der Waals surface area contributed by atoms with Crippen LogP contribution in [-0.2, 0) is 0 Å². The second-order valence-corrected chi connectivity index (χ2v) is 8.16. The molecule has 1 aromatic heterocycles. The Morgan fingerprint density at radius 2 is 1.23 bits per heavy atom. The van der Waals surface area contributed by atoms with Gasteiger partial charge in [0.25, 0.3) is 5.52 Å². The number of nitrogens with zero attached hydrogens (tertiary/aromatic N) is 2. The largest absolute Gasteiger partial charge is 0.327 e. The van der Waals surface area contributed by atoms with Crippen molar-refractivity contribution in [2.75, 3.05) is 0 Å². The van der Waals surface area contributed by atoms with Gasteiger partial charge in [-0.2, -0.15) is 4.48 Å². The maximum atomic E-state index is 2.58. The Kier molecular flexibility index (Phi) is 3.03. The van der Waals surface area contributed by atoms with Crippen molar-refractivity contribution in [2.45, 2.75) is 6.17 Å². The molecule has 3 heterocycles. The van der Waals surface area contributed by atoms with E-state index in [1.54, 1.807) is 0 Å². The Bertz CT molecular complexity index is 1400. The van der Waals surface area contributed by atoms with E-state index in [4.69, 9.17) is 0 Å². The van der Waals surface area contributed by atoms with Gasteiger partial charge in [-0.25, -0.2) is 0 Å². The normalized spacial score (nSPS) is 17.3. The molecule has 0 fully saturated rings. The molecule has 7 rings (SSSR count). The van der Waals surface area contributed by atoms with Gasteiger partial charge in [0.05, 0.1) is 16.5 Å². The van der Waals surface area contributed by atoms with Crippen LogP contribution in [-0.4, -0.2) is 0 Å². The summed E-state index contributed by atoms with van der Waals surface area (Å²) >= 11 is 0. The molecule has 2 heteroatoms. The number of hydrogen-bond acceptors (Lipinski definition) is 0. The molecule has 30 heavy (non-hydrogen) atoms. The lowest BCUT2D eigenvalue weighted by molar-refractivity contribution is -0.677. The van der Waals surface area contributed by atoms with Crippen LogP contribution in [0.2, 0.25) is 0 Å². The summed E-state index contributed by atoms with van der Waals surface area (Å²) < 4.78 is 3.25. The van der Waals surface area contributed by atoms with E-state index in [0.29, 0.717) is 4.48 Å². The summed E-state index contributed by atoms with van der Waals surface area (Å²) in [5.41, 5.74) is 9.28. The van der Waals surface area contributed by atoms with Crippen molar-refractivity contribution in [3.8, 4) is 11.3 Å². The third-order valence-electron chi connectivity index (χ3n) is 6.80. The van der Waals surface area contributed by atoms with Gasteiger partial charge in [-0.3, -0.25) is 0 Å². The second-order valence-electron chi connectivity index (χ2n) is 8.16. The van der Waals surface area contributed by atoms with Gasteiger partial charge in [0.2, 0.25) is 11.4 Å². The molecule has 1 unspecified atom stereocenters. The molecule has 4 aromatic carbocycles. The Balaban J connectivity index is 1.73. The Hall–Kier alpha value is -3.75. The highest BCUT2D eigenvalue weighted by Gasteiger charge is 2.62. The van der Waals surface area contributed by atoms with Gasteiger partial charge in [-0.05, 0) is 24.3 Å². The summed E-state index contributed by atoms with van der Waals surface area (Å²) in [7, 11) is 0. The Labute approximate surface area is 175 Å². The first kappa shape index (κ1) is 16.1. The van der Waals surface area contributed by atoms with E-state index < -0.39 is 0 Å². The van der Waals surface area contributed by atoms with Crippen LogP contribution >= 0.6 is 0 Å². The third kappa shape index (κ3) is 1.76. The highest BCUT2D eigenvalue weighted by Crippen LogP contribution is 2.58. The number of quaternary nitrogens is 1. The maximum Gasteiger partial charge on any atom is 0.327 e. The number of para-hydroxylation sites is 3. The zero-order chi connectivity index (χ0) is 19.7. The lowest BCUT2D eigenvalue weighted by Gasteiger charge is -2.34. The van der Waals surface area contributed by atoms with Crippen LogP contribution in [0.4, 0.5) is 17.1 Å². The molecule has 0 bridgehead atoms. The van der Waals surface area contributed by atoms with Gasteiger partial charge in [-0.15, -0.1) is 4.57 Å². The minimum absolute atomic E-state index is 0.141. The summed E-state index contributed by atoms with van der Waals surface area (Å²) in [6.45, 7) is 0. The summed E-state index contributed by atoms with van der Waals surface area (Å²) in [5, 5.41) is 1.29. The van der Waals surface area contributed by atoms with Crippen molar-refractivity contribution in [2.24, 2.45) is 0 Å². The van der Waals surface area contributed by atoms with Gasteiger partial charge >= 0.3 is 6.17 Å². The molecular formula is C28H20N2+2. The quantitative estimate of drug-likeness (QED) is 0.237. The third-order valence-corrected chi connectivity index (χ3v) is 6.80. The molecule has 0 spiro atoms. The van der Waals surface area contributed by atoms with Crippen molar-refractivity contribution in [1.29, 1.82) is 0 Å². The highest BCUT2D eigenvalue weighted by molar-refractivity contribution is 5.95. The van der Waals surface area contributed by atoms with E-state index in [1.807, 2.05) is 0 Å². The molecule has 0 amide bonds. The zero-order valence-electron chi connectivity index (χ0n) is 16.4. The molecule has 5 aromatic rings.